The van der Waals surface area contributed by atoms with Crippen molar-refractivity contribution < 1.29 is 4.79 Å². The second-order valence-corrected chi connectivity index (χ2v) is 6.53. The molecule has 4 heteroatoms. The van der Waals surface area contributed by atoms with Crippen LogP contribution in [-0.2, 0) is 0 Å². The molecule has 0 aliphatic rings. The SMILES string of the molecule is Cc1nn(-c2ccccc2)c(-c2ccccc2)c1C(=O)NCC(C)C. The second kappa shape index (κ2) is 7.34. The van der Waals surface area contributed by atoms with E-state index in [2.05, 4.69) is 24.3 Å². The van der Waals surface area contributed by atoms with Gasteiger partial charge in [-0.1, -0.05) is 62.4 Å². The molecule has 1 N–H and O–H groups in total. The van der Waals surface area contributed by atoms with Crippen molar-refractivity contribution in [1.29, 1.82) is 0 Å². The highest BCUT2D eigenvalue weighted by Gasteiger charge is 2.23. The highest BCUT2D eigenvalue weighted by Crippen LogP contribution is 2.29. The zero-order valence-corrected chi connectivity index (χ0v) is 14.9. The summed E-state index contributed by atoms with van der Waals surface area (Å²) < 4.78 is 1.86. The lowest BCUT2D eigenvalue weighted by atomic mass is 10.0. The van der Waals surface area contributed by atoms with E-state index in [-0.39, 0.29) is 5.91 Å². The number of hydrogen-bond donors (Lipinski definition) is 1. The summed E-state index contributed by atoms with van der Waals surface area (Å²) in [5.74, 6) is 0.320. The van der Waals surface area contributed by atoms with Crippen LogP contribution in [0.15, 0.2) is 60.7 Å². The Balaban J connectivity index is 2.15. The van der Waals surface area contributed by atoms with Crippen molar-refractivity contribution in [3.63, 3.8) is 0 Å². The number of benzene rings is 2. The van der Waals surface area contributed by atoms with Crippen LogP contribution < -0.4 is 5.32 Å². The van der Waals surface area contributed by atoms with Crippen LogP contribution in [0.3, 0.4) is 0 Å². The predicted molar refractivity (Wildman–Crippen MR) is 101 cm³/mol. The van der Waals surface area contributed by atoms with Gasteiger partial charge in [-0.2, -0.15) is 5.10 Å². The Morgan fingerprint density at radius 2 is 1.64 bits per heavy atom. The summed E-state index contributed by atoms with van der Waals surface area (Å²) in [5.41, 5.74) is 4.10. The minimum Gasteiger partial charge on any atom is -0.352 e. The van der Waals surface area contributed by atoms with E-state index in [1.165, 1.54) is 0 Å². The first-order valence-corrected chi connectivity index (χ1v) is 8.56. The molecule has 1 heterocycles. The standard InChI is InChI=1S/C21H23N3O/c1-15(2)14-22-21(25)19-16(3)23-24(18-12-8-5-9-13-18)20(19)17-10-6-4-7-11-17/h4-13,15H,14H2,1-3H3,(H,22,25). The molecule has 0 saturated heterocycles. The lowest BCUT2D eigenvalue weighted by molar-refractivity contribution is 0.0949. The molecule has 25 heavy (non-hydrogen) atoms. The van der Waals surface area contributed by atoms with Gasteiger partial charge in [-0.25, -0.2) is 4.68 Å². The maximum absolute atomic E-state index is 12.8. The molecule has 0 spiro atoms. The highest BCUT2D eigenvalue weighted by molar-refractivity contribution is 6.01. The van der Waals surface area contributed by atoms with Crippen LogP contribution in [0, 0.1) is 12.8 Å². The van der Waals surface area contributed by atoms with E-state index in [9.17, 15) is 4.79 Å². The molecule has 1 amide bonds. The van der Waals surface area contributed by atoms with Crippen molar-refractivity contribution in [3.05, 3.63) is 71.9 Å². The Hall–Kier alpha value is -2.88. The van der Waals surface area contributed by atoms with Crippen LogP contribution in [0.25, 0.3) is 16.9 Å². The fourth-order valence-corrected chi connectivity index (χ4v) is 2.80. The Bertz CT molecular complexity index is 852. The molecule has 3 rings (SSSR count). The summed E-state index contributed by atoms with van der Waals surface area (Å²) in [4.78, 5) is 12.8. The highest BCUT2D eigenvalue weighted by atomic mass is 16.1. The van der Waals surface area contributed by atoms with Crippen LogP contribution in [-0.4, -0.2) is 22.2 Å². The van der Waals surface area contributed by atoms with Gasteiger partial charge in [0.15, 0.2) is 0 Å². The topological polar surface area (TPSA) is 46.9 Å². The van der Waals surface area contributed by atoms with E-state index in [1.54, 1.807) is 0 Å². The van der Waals surface area contributed by atoms with Gasteiger partial charge in [0.1, 0.15) is 0 Å². The quantitative estimate of drug-likeness (QED) is 0.759. The van der Waals surface area contributed by atoms with E-state index in [0.29, 0.717) is 18.0 Å². The lowest BCUT2D eigenvalue weighted by Gasteiger charge is -2.11. The van der Waals surface area contributed by atoms with Gasteiger partial charge in [-0.15, -0.1) is 0 Å². The number of aromatic nitrogens is 2. The number of nitrogens with one attached hydrogen (secondary N) is 1. The van der Waals surface area contributed by atoms with E-state index < -0.39 is 0 Å². The summed E-state index contributed by atoms with van der Waals surface area (Å²) in [6.45, 7) is 6.69. The van der Waals surface area contributed by atoms with Crippen LogP contribution in [0.5, 0.6) is 0 Å². The number of amides is 1. The van der Waals surface area contributed by atoms with Gasteiger partial charge in [-0.05, 0) is 25.0 Å². The van der Waals surface area contributed by atoms with Crippen LogP contribution in [0.4, 0.5) is 0 Å². The van der Waals surface area contributed by atoms with E-state index in [1.807, 2.05) is 72.3 Å². The lowest BCUT2D eigenvalue weighted by Crippen LogP contribution is -2.28. The van der Waals surface area contributed by atoms with E-state index in [0.717, 1.165) is 22.6 Å². The summed E-state index contributed by atoms with van der Waals surface area (Å²) in [7, 11) is 0. The van der Waals surface area contributed by atoms with Gasteiger partial charge in [0.05, 0.1) is 22.6 Å². The number of carbonyl (C=O) groups excluding carboxylic acids is 1. The minimum atomic E-state index is -0.0766. The Labute approximate surface area is 148 Å². The first kappa shape index (κ1) is 17.0. The summed E-state index contributed by atoms with van der Waals surface area (Å²) >= 11 is 0. The van der Waals surface area contributed by atoms with Gasteiger partial charge >= 0.3 is 0 Å². The zero-order valence-electron chi connectivity index (χ0n) is 14.9. The van der Waals surface area contributed by atoms with Crippen LogP contribution in [0.1, 0.15) is 29.9 Å². The van der Waals surface area contributed by atoms with Gasteiger partial charge < -0.3 is 5.32 Å². The maximum Gasteiger partial charge on any atom is 0.255 e. The molecule has 0 bridgehead atoms. The monoisotopic (exact) mass is 333 g/mol. The van der Waals surface area contributed by atoms with Crippen molar-refractivity contribution >= 4 is 5.91 Å². The number of para-hydroxylation sites is 1. The molecule has 3 aromatic rings. The first-order valence-electron chi connectivity index (χ1n) is 8.56. The van der Waals surface area contributed by atoms with E-state index >= 15 is 0 Å². The first-order chi connectivity index (χ1) is 12.1. The van der Waals surface area contributed by atoms with Gasteiger partial charge in [0, 0.05) is 12.1 Å². The van der Waals surface area contributed by atoms with Crippen molar-refractivity contribution in [3.8, 4) is 16.9 Å². The number of rotatable bonds is 5. The van der Waals surface area contributed by atoms with Crippen molar-refractivity contribution in [2.24, 2.45) is 5.92 Å². The molecular formula is C21H23N3O. The largest absolute Gasteiger partial charge is 0.352 e. The van der Waals surface area contributed by atoms with Crippen molar-refractivity contribution in [2.45, 2.75) is 20.8 Å². The van der Waals surface area contributed by atoms with Gasteiger partial charge in [0.2, 0.25) is 0 Å². The molecule has 0 radical (unpaired) electrons. The molecule has 2 aromatic carbocycles. The van der Waals surface area contributed by atoms with Gasteiger partial charge in [0.25, 0.3) is 5.91 Å². The average Bonchev–Trinajstić information content (AvgIpc) is 2.98. The third-order valence-electron chi connectivity index (χ3n) is 4.01. The molecule has 4 nitrogen and oxygen atoms in total. The van der Waals surface area contributed by atoms with Crippen molar-refractivity contribution in [2.75, 3.05) is 6.54 Å². The average molecular weight is 333 g/mol. The summed E-state index contributed by atoms with van der Waals surface area (Å²) in [6.07, 6.45) is 0. The number of nitrogens with zero attached hydrogens (tertiary/aromatic N) is 2. The molecule has 0 saturated carbocycles. The molecular weight excluding hydrogens is 310 g/mol. The van der Waals surface area contributed by atoms with E-state index in [4.69, 9.17) is 0 Å². The number of carbonyl (C=O) groups is 1. The number of aryl methyl sites for hydroxylation is 1. The Morgan fingerprint density at radius 3 is 2.24 bits per heavy atom. The third-order valence-corrected chi connectivity index (χ3v) is 4.01. The molecule has 128 valence electrons. The number of hydrogen-bond acceptors (Lipinski definition) is 2. The fourth-order valence-electron chi connectivity index (χ4n) is 2.80. The molecule has 1 aromatic heterocycles. The van der Waals surface area contributed by atoms with Crippen LogP contribution in [0.2, 0.25) is 0 Å². The Morgan fingerprint density at radius 1 is 1.04 bits per heavy atom. The van der Waals surface area contributed by atoms with Gasteiger partial charge in [-0.3, -0.25) is 4.79 Å². The predicted octanol–water partition coefficient (Wildman–Crippen LogP) is 4.23. The third kappa shape index (κ3) is 3.63. The Kier molecular flexibility index (Phi) is 4.98. The minimum absolute atomic E-state index is 0.0766. The second-order valence-electron chi connectivity index (χ2n) is 6.53. The molecule has 0 aliphatic heterocycles. The normalized spacial score (nSPS) is 10.9. The smallest absolute Gasteiger partial charge is 0.255 e. The molecule has 0 unspecified atom stereocenters. The van der Waals surface area contributed by atoms with Crippen LogP contribution >= 0.6 is 0 Å². The summed E-state index contributed by atoms with van der Waals surface area (Å²) in [6, 6.07) is 19.8. The molecule has 0 fully saturated rings. The fraction of sp³-hybridized carbons (Fsp3) is 0.238. The zero-order chi connectivity index (χ0) is 17.8. The maximum atomic E-state index is 12.8. The summed E-state index contributed by atoms with van der Waals surface area (Å²) in [5, 5.41) is 7.68. The molecule has 0 aliphatic carbocycles. The molecule has 0 atom stereocenters. The van der Waals surface area contributed by atoms with Crippen molar-refractivity contribution in [1.82, 2.24) is 15.1 Å².